The Morgan fingerprint density at radius 3 is 2.22 bits per heavy atom. The van der Waals surface area contributed by atoms with Crippen LogP contribution in [0.5, 0.6) is 5.75 Å². The molecule has 2 rings (SSSR count). The van der Waals surface area contributed by atoms with E-state index in [1.165, 1.54) is 24.3 Å². The summed E-state index contributed by atoms with van der Waals surface area (Å²) in [5.74, 6) is -0.589. The number of nitrogens with one attached hydrogen (secondary N) is 1. The second-order valence-electron chi connectivity index (χ2n) is 5.94. The average molecular weight is 391 g/mol. The van der Waals surface area contributed by atoms with Crippen molar-refractivity contribution < 1.29 is 27.9 Å². The maximum Gasteiger partial charge on any atom is 0.335 e. The Morgan fingerprint density at radius 1 is 1.04 bits per heavy atom. The standard InChI is InChI=1S/C19H21NO6S/c1-27(24,25)17-9-7-16(8-10-17)26-13-12-20-18(21)11-4-14-2-5-15(6-3-14)19(22)23/h2-3,5-10H,4,11-13H2,1H3,(H,20,21)(H,22,23). The van der Waals surface area contributed by atoms with Crippen molar-refractivity contribution >= 4 is 21.7 Å². The van der Waals surface area contributed by atoms with Crippen LogP contribution < -0.4 is 10.1 Å². The van der Waals surface area contributed by atoms with Gasteiger partial charge in [0, 0.05) is 12.7 Å². The van der Waals surface area contributed by atoms with Gasteiger partial charge in [-0.15, -0.1) is 0 Å². The molecule has 144 valence electrons. The molecule has 2 N–H and O–H groups in total. The molecule has 2 aromatic rings. The Morgan fingerprint density at radius 2 is 1.67 bits per heavy atom. The number of carbonyl (C=O) groups excluding carboxylic acids is 1. The van der Waals surface area contributed by atoms with Crippen molar-refractivity contribution in [3.63, 3.8) is 0 Å². The molecule has 0 spiro atoms. The van der Waals surface area contributed by atoms with Crippen LogP contribution in [-0.4, -0.2) is 44.8 Å². The number of hydrogen-bond donors (Lipinski definition) is 2. The summed E-state index contributed by atoms with van der Waals surface area (Å²) < 4.78 is 28.2. The van der Waals surface area contributed by atoms with Crippen LogP contribution >= 0.6 is 0 Å². The molecule has 0 aliphatic carbocycles. The van der Waals surface area contributed by atoms with Crippen LogP contribution in [0.4, 0.5) is 0 Å². The monoisotopic (exact) mass is 391 g/mol. The third-order valence-electron chi connectivity index (χ3n) is 3.79. The van der Waals surface area contributed by atoms with E-state index in [4.69, 9.17) is 9.84 Å². The summed E-state index contributed by atoms with van der Waals surface area (Å²) in [4.78, 5) is 22.8. The van der Waals surface area contributed by atoms with Gasteiger partial charge in [-0.25, -0.2) is 13.2 Å². The fourth-order valence-electron chi connectivity index (χ4n) is 2.30. The van der Waals surface area contributed by atoms with Gasteiger partial charge in [0.15, 0.2) is 9.84 Å². The van der Waals surface area contributed by atoms with Crippen molar-refractivity contribution in [3.8, 4) is 5.75 Å². The average Bonchev–Trinajstić information content (AvgIpc) is 2.63. The summed E-state index contributed by atoms with van der Waals surface area (Å²) in [6, 6.07) is 12.5. The number of carboxylic acid groups (broad SMARTS) is 1. The number of rotatable bonds is 9. The second kappa shape index (κ2) is 9.18. The van der Waals surface area contributed by atoms with Gasteiger partial charge >= 0.3 is 5.97 Å². The van der Waals surface area contributed by atoms with E-state index in [0.717, 1.165) is 11.8 Å². The van der Waals surface area contributed by atoms with E-state index >= 15 is 0 Å². The van der Waals surface area contributed by atoms with E-state index in [0.29, 0.717) is 18.7 Å². The molecule has 0 fully saturated rings. The molecule has 0 aliphatic heterocycles. The number of amides is 1. The Balaban J connectivity index is 1.68. The van der Waals surface area contributed by atoms with Crippen molar-refractivity contribution in [2.75, 3.05) is 19.4 Å². The molecule has 0 heterocycles. The zero-order valence-electron chi connectivity index (χ0n) is 14.8. The molecule has 0 unspecified atom stereocenters. The predicted octanol–water partition coefficient (Wildman–Crippen LogP) is 1.92. The zero-order chi connectivity index (χ0) is 19.9. The number of aryl methyl sites for hydroxylation is 1. The normalized spacial score (nSPS) is 11.0. The van der Waals surface area contributed by atoms with Gasteiger partial charge in [0.1, 0.15) is 12.4 Å². The van der Waals surface area contributed by atoms with Crippen molar-refractivity contribution in [2.45, 2.75) is 17.7 Å². The first-order valence-corrected chi connectivity index (χ1v) is 10.2. The van der Waals surface area contributed by atoms with E-state index in [1.807, 2.05) is 0 Å². The summed E-state index contributed by atoms with van der Waals surface area (Å²) in [5, 5.41) is 11.6. The third kappa shape index (κ3) is 6.74. The zero-order valence-corrected chi connectivity index (χ0v) is 15.7. The highest BCUT2D eigenvalue weighted by Crippen LogP contribution is 2.15. The van der Waals surface area contributed by atoms with Gasteiger partial charge in [-0.05, 0) is 48.4 Å². The number of ether oxygens (including phenoxy) is 1. The van der Waals surface area contributed by atoms with E-state index < -0.39 is 15.8 Å². The summed E-state index contributed by atoms with van der Waals surface area (Å²) in [5.41, 5.74) is 1.10. The summed E-state index contributed by atoms with van der Waals surface area (Å²) >= 11 is 0. The first kappa shape index (κ1) is 20.4. The highest BCUT2D eigenvalue weighted by Gasteiger charge is 2.07. The van der Waals surface area contributed by atoms with Crippen LogP contribution in [0, 0.1) is 0 Å². The molecule has 0 saturated heterocycles. The largest absolute Gasteiger partial charge is 0.492 e. The van der Waals surface area contributed by atoms with Crippen LogP contribution in [0.3, 0.4) is 0 Å². The molecule has 0 atom stereocenters. The third-order valence-corrected chi connectivity index (χ3v) is 4.91. The lowest BCUT2D eigenvalue weighted by atomic mass is 10.1. The van der Waals surface area contributed by atoms with Crippen LogP contribution in [0.1, 0.15) is 22.3 Å². The molecule has 27 heavy (non-hydrogen) atoms. The van der Waals surface area contributed by atoms with E-state index in [-0.39, 0.29) is 29.4 Å². The molecular formula is C19H21NO6S. The number of aromatic carboxylic acids is 1. The molecular weight excluding hydrogens is 370 g/mol. The smallest absolute Gasteiger partial charge is 0.335 e. The lowest BCUT2D eigenvalue weighted by molar-refractivity contribution is -0.121. The number of sulfone groups is 1. The Labute approximate surface area is 157 Å². The molecule has 0 aliphatic rings. The van der Waals surface area contributed by atoms with E-state index in [1.54, 1.807) is 24.3 Å². The number of benzene rings is 2. The van der Waals surface area contributed by atoms with Crippen molar-refractivity contribution in [1.29, 1.82) is 0 Å². The van der Waals surface area contributed by atoms with Crippen LogP contribution in [0.2, 0.25) is 0 Å². The topological polar surface area (TPSA) is 110 Å². The number of carboxylic acids is 1. The molecule has 0 radical (unpaired) electrons. The van der Waals surface area contributed by atoms with E-state index in [2.05, 4.69) is 5.32 Å². The summed E-state index contributed by atoms with van der Waals surface area (Å²) in [7, 11) is -3.23. The van der Waals surface area contributed by atoms with Crippen molar-refractivity contribution in [3.05, 3.63) is 59.7 Å². The Bertz CT molecular complexity index is 889. The molecule has 7 nitrogen and oxygen atoms in total. The first-order valence-electron chi connectivity index (χ1n) is 8.27. The highest BCUT2D eigenvalue weighted by atomic mass is 32.2. The van der Waals surface area contributed by atoms with Gasteiger partial charge in [-0.2, -0.15) is 0 Å². The SMILES string of the molecule is CS(=O)(=O)c1ccc(OCCNC(=O)CCc2ccc(C(=O)O)cc2)cc1. The highest BCUT2D eigenvalue weighted by molar-refractivity contribution is 7.90. The summed E-state index contributed by atoms with van der Waals surface area (Å²) in [6.07, 6.45) is 1.94. The van der Waals surface area contributed by atoms with Gasteiger partial charge in [0.25, 0.3) is 0 Å². The molecule has 0 bridgehead atoms. The minimum atomic E-state index is -3.23. The van der Waals surface area contributed by atoms with Crippen LogP contribution in [-0.2, 0) is 21.1 Å². The van der Waals surface area contributed by atoms with Crippen LogP contribution in [0.25, 0.3) is 0 Å². The van der Waals surface area contributed by atoms with E-state index in [9.17, 15) is 18.0 Å². The molecule has 0 aromatic heterocycles. The maximum absolute atomic E-state index is 11.8. The van der Waals surface area contributed by atoms with Gasteiger partial charge in [-0.3, -0.25) is 4.79 Å². The fraction of sp³-hybridized carbons (Fsp3) is 0.263. The quantitative estimate of drug-likeness (QED) is 0.632. The molecule has 0 saturated carbocycles. The Kier molecular flexibility index (Phi) is 6.95. The van der Waals surface area contributed by atoms with Crippen LogP contribution in [0.15, 0.2) is 53.4 Å². The summed E-state index contributed by atoms with van der Waals surface area (Å²) in [6.45, 7) is 0.585. The Hall–Kier alpha value is -2.87. The second-order valence-corrected chi connectivity index (χ2v) is 7.96. The van der Waals surface area contributed by atoms with Gasteiger partial charge in [-0.1, -0.05) is 12.1 Å². The van der Waals surface area contributed by atoms with Crippen molar-refractivity contribution in [2.24, 2.45) is 0 Å². The minimum absolute atomic E-state index is 0.131. The molecule has 1 amide bonds. The predicted molar refractivity (Wildman–Crippen MR) is 99.8 cm³/mol. The number of carbonyl (C=O) groups is 2. The van der Waals surface area contributed by atoms with Gasteiger partial charge in [0.2, 0.25) is 5.91 Å². The molecule has 2 aromatic carbocycles. The fourth-order valence-corrected chi connectivity index (χ4v) is 2.93. The number of hydrogen-bond acceptors (Lipinski definition) is 5. The maximum atomic E-state index is 11.8. The van der Waals surface area contributed by atoms with Crippen molar-refractivity contribution in [1.82, 2.24) is 5.32 Å². The lowest BCUT2D eigenvalue weighted by Gasteiger charge is -2.08. The lowest BCUT2D eigenvalue weighted by Crippen LogP contribution is -2.28. The van der Waals surface area contributed by atoms with Gasteiger partial charge < -0.3 is 15.2 Å². The first-order chi connectivity index (χ1) is 12.8. The minimum Gasteiger partial charge on any atom is -0.492 e. The molecule has 8 heteroatoms. The van der Waals surface area contributed by atoms with Gasteiger partial charge in [0.05, 0.1) is 17.0 Å².